The fourth-order valence-electron chi connectivity index (χ4n) is 4.28. The highest BCUT2D eigenvalue weighted by Crippen LogP contribution is 2.39. The first kappa shape index (κ1) is 23.1. The molecule has 0 unspecified atom stereocenters. The first-order valence-corrected chi connectivity index (χ1v) is 11.8. The maximum atomic E-state index is 13.0. The van der Waals surface area contributed by atoms with Gasteiger partial charge in [0.1, 0.15) is 11.9 Å². The van der Waals surface area contributed by atoms with Gasteiger partial charge < -0.3 is 16.0 Å². The third-order valence-corrected chi connectivity index (χ3v) is 7.00. The van der Waals surface area contributed by atoms with E-state index in [1.165, 1.54) is 23.2 Å². The van der Waals surface area contributed by atoms with Gasteiger partial charge in [-0.15, -0.1) is 0 Å². The van der Waals surface area contributed by atoms with Crippen LogP contribution in [0.3, 0.4) is 0 Å². The first-order chi connectivity index (χ1) is 15.5. The molecule has 0 radical (unpaired) electrons. The number of thiazole rings is 1. The first-order valence-electron chi connectivity index (χ1n) is 11.0. The largest absolute Gasteiger partial charge is 0.368 e. The monoisotopic (exact) mass is 471 g/mol. The van der Waals surface area contributed by atoms with E-state index in [9.17, 15) is 14.4 Å². The highest BCUT2D eigenvalue weighted by molar-refractivity contribution is 7.19. The van der Waals surface area contributed by atoms with Crippen LogP contribution in [0.2, 0.25) is 0 Å². The number of anilines is 1. The van der Waals surface area contributed by atoms with Crippen LogP contribution in [-0.4, -0.2) is 56.8 Å². The van der Waals surface area contributed by atoms with Crippen molar-refractivity contribution in [3.8, 4) is 10.6 Å². The van der Waals surface area contributed by atoms with Crippen molar-refractivity contribution >= 4 is 34.3 Å². The molecule has 11 heteroatoms. The van der Waals surface area contributed by atoms with Crippen LogP contribution in [0.5, 0.6) is 0 Å². The number of hydrogen-bond donors (Lipinski definition) is 3. The fourth-order valence-corrected chi connectivity index (χ4v) is 5.31. The number of aromatic nitrogens is 3. The zero-order valence-electron chi connectivity index (χ0n) is 19.3. The number of urea groups is 1. The minimum Gasteiger partial charge on any atom is -0.368 e. The summed E-state index contributed by atoms with van der Waals surface area (Å²) < 4.78 is 0. The molecule has 2 aromatic rings. The van der Waals surface area contributed by atoms with Crippen molar-refractivity contribution in [1.82, 2.24) is 25.2 Å². The van der Waals surface area contributed by atoms with Crippen LogP contribution in [0.4, 0.5) is 9.93 Å². The number of rotatable bonds is 4. The number of nitrogens with zero attached hydrogens (tertiary/aromatic N) is 4. The van der Waals surface area contributed by atoms with Gasteiger partial charge in [-0.1, -0.05) is 32.1 Å². The van der Waals surface area contributed by atoms with Crippen molar-refractivity contribution in [3.05, 3.63) is 23.3 Å². The Labute approximate surface area is 196 Å². The van der Waals surface area contributed by atoms with Gasteiger partial charge >= 0.3 is 6.03 Å². The molecule has 1 saturated heterocycles. The van der Waals surface area contributed by atoms with Gasteiger partial charge in [-0.05, 0) is 24.8 Å². The average molecular weight is 472 g/mol. The molecular formula is C22H29N7O3S. The lowest BCUT2D eigenvalue weighted by Crippen LogP contribution is -2.49. The Kier molecular flexibility index (Phi) is 6.08. The third kappa shape index (κ3) is 4.68. The Morgan fingerprint density at radius 1 is 1.24 bits per heavy atom. The number of nitrogens with two attached hydrogens (primary N) is 1. The quantitative estimate of drug-likeness (QED) is 0.621. The predicted octanol–water partition coefficient (Wildman–Crippen LogP) is 1.84. The van der Waals surface area contributed by atoms with E-state index in [0.29, 0.717) is 24.6 Å². The summed E-state index contributed by atoms with van der Waals surface area (Å²) in [6.07, 6.45) is 4.01. The number of nitrogens with one attached hydrogen (secondary N) is 2. The van der Waals surface area contributed by atoms with Crippen molar-refractivity contribution in [1.29, 1.82) is 0 Å². The molecule has 1 aliphatic carbocycles. The van der Waals surface area contributed by atoms with Crippen LogP contribution < -0.4 is 16.4 Å². The second-order valence-corrected chi connectivity index (χ2v) is 10.6. The number of amides is 4. The smallest absolute Gasteiger partial charge is 0.324 e. The maximum absolute atomic E-state index is 13.0. The average Bonchev–Trinajstić information content (AvgIpc) is 3.35. The van der Waals surface area contributed by atoms with Crippen molar-refractivity contribution in [2.45, 2.75) is 58.4 Å². The van der Waals surface area contributed by atoms with E-state index < -0.39 is 18.0 Å². The number of primary amides is 1. The molecule has 0 bridgehead atoms. The van der Waals surface area contributed by atoms with Gasteiger partial charge in [0.05, 0.1) is 16.3 Å². The Hall–Kier alpha value is -3.08. The Balaban J connectivity index is 1.53. The second kappa shape index (κ2) is 8.69. The standard InChI is InChI=1S/C22H29N7O3S/c1-11(30)24-10-13-7-8-29(16(13)18(23)31)21(32)28-20-26-14-6-5-12-9-25-19(22(2,3)4)27-15(12)17(14)33-20/h9,13,16H,5-8,10H2,1-4H3,(H2,23,31)(H,24,30)(H,26,28,32)/t13-,16-/m0/s1. The molecular weight excluding hydrogens is 442 g/mol. The van der Waals surface area contributed by atoms with E-state index in [-0.39, 0.29) is 17.2 Å². The van der Waals surface area contributed by atoms with Gasteiger partial charge in [-0.2, -0.15) is 0 Å². The van der Waals surface area contributed by atoms with E-state index in [2.05, 4.69) is 41.4 Å². The van der Waals surface area contributed by atoms with E-state index in [0.717, 1.165) is 40.5 Å². The van der Waals surface area contributed by atoms with E-state index in [4.69, 9.17) is 10.7 Å². The molecule has 176 valence electrons. The molecule has 3 heterocycles. The topological polar surface area (TPSA) is 143 Å². The van der Waals surface area contributed by atoms with Gasteiger partial charge in [0.15, 0.2) is 5.13 Å². The Bertz CT molecular complexity index is 1110. The summed E-state index contributed by atoms with van der Waals surface area (Å²) in [5.41, 5.74) is 8.27. The normalized spacial score (nSPS) is 19.6. The zero-order chi connectivity index (χ0) is 23.9. The van der Waals surface area contributed by atoms with Crippen molar-refractivity contribution in [2.24, 2.45) is 11.7 Å². The predicted molar refractivity (Wildman–Crippen MR) is 125 cm³/mol. The van der Waals surface area contributed by atoms with Gasteiger partial charge in [-0.25, -0.2) is 19.7 Å². The summed E-state index contributed by atoms with van der Waals surface area (Å²) in [4.78, 5) is 52.7. The number of carbonyl (C=O) groups excluding carboxylic acids is 3. The molecule has 4 amide bonds. The number of carbonyl (C=O) groups is 3. The van der Waals surface area contributed by atoms with Gasteiger partial charge in [0.2, 0.25) is 11.8 Å². The molecule has 4 rings (SSSR count). The summed E-state index contributed by atoms with van der Waals surface area (Å²) in [5.74, 6) is -0.231. The van der Waals surface area contributed by atoms with Gasteiger partial charge in [-0.3, -0.25) is 14.9 Å². The van der Waals surface area contributed by atoms with Crippen LogP contribution in [0, 0.1) is 5.92 Å². The van der Waals surface area contributed by atoms with Crippen LogP contribution >= 0.6 is 11.3 Å². The van der Waals surface area contributed by atoms with E-state index in [1.807, 2.05) is 6.20 Å². The molecule has 2 aromatic heterocycles. The second-order valence-electron chi connectivity index (χ2n) is 9.57. The third-order valence-electron chi connectivity index (χ3n) is 5.98. The molecule has 0 aromatic carbocycles. The number of likely N-dealkylation sites (tertiary alicyclic amines) is 1. The molecule has 0 saturated carbocycles. The summed E-state index contributed by atoms with van der Waals surface area (Å²) in [7, 11) is 0. The molecule has 0 spiro atoms. The lowest BCUT2D eigenvalue weighted by molar-refractivity contribution is -0.123. The van der Waals surface area contributed by atoms with Crippen LogP contribution in [0.25, 0.3) is 10.6 Å². The molecule has 2 atom stereocenters. The summed E-state index contributed by atoms with van der Waals surface area (Å²) in [6, 6.07) is -1.21. The summed E-state index contributed by atoms with van der Waals surface area (Å²) in [6.45, 7) is 8.30. The van der Waals surface area contributed by atoms with E-state index in [1.54, 1.807) is 0 Å². The SMILES string of the molecule is CC(=O)NC[C@@H]1CCN(C(=O)Nc2nc3c(s2)-c2nc(C(C)(C)C)ncc2CC3)[C@@H]1C(N)=O. The lowest BCUT2D eigenvalue weighted by Gasteiger charge is -2.25. The number of fused-ring (bicyclic) bond motifs is 3. The molecule has 2 aliphatic rings. The summed E-state index contributed by atoms with van der Waals surface area (Å²) in [5, 5.41) is 6.01. The molecule has 4 N–H and O–H groups in total. The van der Waals surface area contributed by atoms with Crippen molar-refractivity contribution in [2.75, 3.05) is 18.4 Å². The van der Waals surface area contributed by atoms with E-state index >= 15 is 0 Å². The van der Waals surface area contributed by atoms with Crippen molar-refractivity contribution < 1.29 is 14.4 Å². The highest BCUT2D eigenvalue weighted by Gasteiger charge is 2.41. The molecule has 33 heavy (non-hydrogen) atoms. The van der Waals surface area contributed by atoms with Crippen LogP contribution in [0.15, 0.2) is 6.20 Å². The Morgan fingerprint density at radius 3 is 2.67 bits per heavy atom. The Morgan fingerprint density at radius 2 is 2.00 bits per heavy atom. The number of hydrogen-bond acceptors (Lipinski definition) is 7. The lowest BCUT2D eigenvalue weighted by atomic mass is 9.94. The minimum absolute atomic E-state index is 0.179. The minimum atomic E-state index is -0.783. The highest BCUT2D eigenvalue weighted by atomic mass is 32.1. The maximum Gasteiger partial charge on any atom is 0.324 e. The summed E-state index contributed by atoms with van der Waals surface area (Å²) >= 11 is 1.38. The van der Waals surface area contributed by atoms with Crippen molar-refractivity contribution in [3.63, 3.8) is 0 Å². The van der Waals surface area contributed by atoms with Crippen LogP contribution in [0.1, 0.15) is 51.2 Å². The number of aryl methyl sites for hydroxylation is 2. The van der Waals surface area contributed by atoms with Gasteiger partial charge in [0, 0.05) is 37.5 Å². The zero-order valence-corrected chi connectivity index (χ0v) is 20.1. The van der Waals surface area contributed by atoms with Crippen LogP contribution in [-0.2, 0) is 27.8 Å². The molecule has 10 nitrogen and oxygen atoms in total. The fraction of sp³-hybridized carbons (Fsp3) is 0.545. The molecule has 1 fully saturated rings. The van der Waals surface area contributed by atoms with Gasteiger partial charge in [0.25, 0.3) is 0 Å². The molecule has 1 aliphatic heterocycles.